The summed E-state index contributed by atoms with van der Waals surface area (Å²) in [5.74, 6) is 6.48. The van der Waals surface area contributed by atoms with Crippen molar-refractivity contribution >= 4 is 13.3 Å². The van der Waals surface area contributed by atoms with E-state index in [2.05, 4.69) is 56.9 Å². The predicted molar refractivity (Wildman–Crippen MR) is 95.7 cm³/mol. The SMILES string of the molecule is CC[Si](CC)(CC)c1ccc(C#Cc2ccccc2)cc1. The maximum atomic E-state index is 3.26. The van der Waals surface area contributed by atoms with Gasteiger partial charge in [-0.15, -0.1) is 0 Å². The number of rotatable bonds is 4. The van der Waals surface area contributed by atoms with Crippen LogP contribution in [0.4, 0.5) is 0 Å². The van der Waals surface area contributed by atoms with Gasteiger partial charge >= 0.3 is 0 Å². The van der Waals surface area contributed by atoms with Crippen LogP contribution >= 0.6 is 0 Å². The lowest BCUT2D eigenvalue weighted by Crippen LogP contribution is -2.45. The van der Waals surface area contributed by atoms with Gasteiger partial charge in [-0.05, 0) is 24.3 Å². The Hall–Kier alpha value is -1.78. The number of hydrogen-bond donors (Lipinski definition) is 0. The number of hydrogen-bond acceptors (Lipinski definition) is 0. The van der Waals surface area contributed by atoms with Gasteiger partial charge in [0, 0.05) is 11.1 Å². The molecule has 0 saturated carbocycles. The average molecular weight is 292 g/mol. The van der Waals surface area contributed by atoms with Gasteiger partial charge in [-0.2, -0.15) is 0 Å². The molecule has 2 aromatic carbocycles. The molecule has 0 saturated heterocycles. The van der Waals surface area contributed by atoms with E-state index in [4.69, 9.17) is 0 Å². The van der Waals surface area contributed by atoms with Crippen molar-refractivity contribution < 1.29 is 0 Å². The second-order valence-electron chi connectivity index (χ2n) is 5.53. The van der Waals surface area contributed by atoms with Gasteiger partial charge in [0.05, 0.1) is 8.07 Å². The van der Waals surface area contributed by atoms with Crippen LogP contribution in [-0.2, 0) is 0 Å². The molecule has 2 rings (SSSR count). The van der Waals surface area contributed by atoms with E-state index in [9.17, 15) is 0 Å². The third-order valence-corrected chi connectivity index (χ3v) is 10.3. The molecule has 0 spiro atoms. The van der Waals surface area contributed by atoms with E-state index in [1.807, 2.05) is 30.3 Å². The fourth-order valence-corrected chi connectivity index (χ4v) is 6.53. The van der Waals surface area contributed by atoms with Gasteiger partial charge in [-0.3, -0.25) is 0 Å². The van der Waals surface area contributed by atoms with Gasteiger partial charge in [-0.25, -0.2) is 0 Å². The summed E-state index contributed by atoms with van der Waals surface area (Å²) in [5, 5.41) is 1.58. The van der Waals surface area contributed by atoms with Crippen LogP contribution in [0.3, 0.4) is 0 Å². The van der Waals surface area contributed by atoms with E-state index in [0.29, 0.717) is 0 Å². The summed E-state index contributed by atoms with van der Waals surface area (Å²) in [6, 6.07) is 23.2. The summed E-state index contributed by atoms with van der Waals surface area (Å²) in [6.45, 7) is 7.05. The summed E-state index contributed by atoms with van der Waals surface area (Å²) in [7, 11) is -1.25. The second kappa shape index (κ2) is 7.29. The summed E-state index contributed by atoms with van der Waals surface area (Å²) >= 11 is 0. The number of benzene rings is 2. The Morgan fingerprint density at radius 2 is 1.14 bits per heavy atom. The van der Waals surface area contributed by atoms with Crippen molar-refractivity contribution in [3.8, 4) is 11.8 Å². The zero-order chi connectivity index (χ0) is 15.1. The smallest absolute Gasteiger partial charge is 0.0675 e. The molecule has 0 fully saturated rings. The Bertz CT molecular complexity index is 602. The normalized spacial score (nSPS) is 10.8. The van der Waals surface area contributed by atoms with Crippen LogP contribution in [0.2, 0.25) is 18.1 Å². The minimum absolute atomic E-state index is 1.07. The van der Waals surface area contributed by atoms with Gasteiger partial charge in [0.15, 0.2) is 0 Å². The minimum atomic E-state index is -1.25. The fourth-order valence-electron chi connectivity index (χ4n) is 2.94. The molecule has 2 aromatic rings. The van der Waals surface area contributed by atoms with Crippen LogP contribution < -0.4 is 5.19 Å². The third-order valence-electron chi connectivity index (χ3n) is 4.65. The van der Waals surface area contributed by atoms with Crippen LogP contribution in [0.25, 0.3) is 0 Å². The van der Waals surface area contributed by atoms with E-state index in [0.717, 1.165) is 11.1 Å². The van der Waals surface area contributed by atoms with E-state index >= 15 is 0 Å². The third kappa shape index (κ3) is 3.65. The van der Waals surface area contributed by atoms with Crippen LogP contribution in [0.15, 0.2) is 54.6 Å². The lowest BCUT2D eigenvalue weighted by molar-refractivity contribution is 1.19. The maximum absolute atomic E-state index is 3.26. The lowest BCUT2D eigenvalue weighted by Gasteiger charge is -2.28. The Kier molecular flexibility index (Phi) is 5.42. The zero-order valence-corrected chi connectivity index (χ0v) is 14.3. The molecule has 0 N–H and O–H groups in total. The molecular formula is C20H24Si. The molecule has 0 heterocycles. The second-order valence-corrected chi connectivity index (χ2v) is 10.8. The molecule has 0 aliphatic heterocycles. The standard InChI is InChI=1S/C20H24Si/c1-4-21(5-2,6-3)20-16-14-19(15-17-20)13-12-18-10-8-7-9-11-18/h7-11,14-17H,4-6H2,1-3H3. The molecule has 0 nitrogen and oxygen atoms in total. The average Bonchev–Trinajstić information content (AvgIpc) is 2.57. The fraction of sp³-hybridized carbons (Fsp3) is 0.300. The van der Waals surface area contributed by atoms with Gasteiger partial charge in [0.1, 0.15) is 0 Å². The Labute approximate surface area is 130 Å². The summed E-state index contributed by atoms with van der Waals surface area (Å²) < 4.78 is 0. The van der Waals surface area contributed by atoms with E-state index < -0.39 is 8.07 Å². The molecule has 21 heavy (non-hydrogen) atoms. The summed E-state index contributed by atoms with van der Waals surface area (Å²) in [4.78, 5) is 0. The van der Waals surface area contributed by atoms with Crippen molar-refractivity contribution in [3.05, 3.63) is 65.7 Å². The molecule has 0 aliphatic rings. The van der Waals surface area contributed by atoms with Crippen molar-refractivity contribution in [2.45, 2.75) is 38.9 Å². The first-order chi connectivity index (χ1) is 10.2. The summed E-state index contributed by atoms with van der Waals surface area (Å²) in [5.41, 5.74) is 2.18. The largest absolute Gasteiger partial charge is 0.0859 e. The molecule has 0 unspecified atom stereocenters. The van der Waals surface area contributed by atoms with E-state index in [-0.39, 0.29) is 0 Å². The van der Waals surface area contributed by atoms with E-state index in [1.54, 1.807) is 5.19 Å². The quantitative estimate of drug-likeness (QED) is 0.561. The molecule has 0 radical (unpaired) electrons. The zero-order valence-electron chi connectivity index (χ0n) is 13.3. The molecular weight excluding hydrogens is 268 g/mol. The predicted octanol–water partition coefficient (Wildman–Crippen LogP) is 4.80. The van der Waals surface area contributed by atoms with Crippen molar-refractivity contribution in [1.82, 2.24) is 0 Å². The van der Waals surface area contributed by atoms with Crippen molar-refractivity contribution in [1.29, 1.82) is 0 Å². The molecule has 0 bridgehead atoms. The molecule has 0 atom stereocenters. The first-order valence-corrected chi connectivity index (χ1v) is 10.5. The van der Waals surface area contributed by atoms with Gasteiger partial charge < -0.3 is 0 Å². The van der Waals surface area contributed by atoms with Crippen LogP contribution in [0, 0.1) is 11.8 Å². The summed E-state index contributed by atoms with van der Waals surface area (Å²) in [6.07, 6.45) is 0. The maximum Gasteiger partial charge on any atom is 0.0859 e. The molecule has 1 heteroatoms. The first kappa shape index (κ1) is 15.6. The van der Waals surface area contributed by atoms with E-state index in [1.165, 1.54) is 18.1 Å². The highest BCUT2D eigenvalue weighted by atomic mass is 28.3. The molecule has 0 amide bonds. The highest BCUT2D eigenvalue weighted by Gasteiger charge is 2.28. The van der Waals surface area contributed by atoms with Gasteiger partial charge in [-0.1, -0.05) is 86.3 Å². The van der Waals surface area contributed by atoms with Crippen molar-refractivity contribution in [3.63, 3.8) is 0 Å². The van der Waals surface area contributed by atoms with Crippen molar-refractivity contribution in [2.24, 2.45) is 0 Å². The molecule has 0 aromatic heterocycles. The first-order valence-electron chi connectivity index (χ1n) is 7.91. The van der Waals surface area contributed by atoms with Gasteiger partial charge in [0.25, 0.3) is 0 Å². The Balaban J connectivity index is 2.22. The Morgan fingerprint density at radius 1 is 0.667 bits per heavy atom. The molecule has 0 aliphatic carbocycles. The topological polar surface area (TPSA) is 0 Å². The monoisotopic (exact) mass is 292 g/mol. The highest BCUT2D eigenvalue weighted by Crippen LogP contribution is 2.20. The van der Waals surface area contributed by atoms with Gasteiger partial charge in [0.2, 0.25) is 0 Å². The Morgan fingerprint density at radius 3 is 1.62 bits per heavy atom. The lowest BCUT2D eigenvalue weighted by atomic mass is 10.2. The van der Waals surface area contributed by atoms with Crippen LogP contribution in [0.1, 0.15) is 31.9 Å². The molecule has 108 valence electrons. The highest BCUT2D eigenvalue weighted by molar-refractivity contribution is 6.91. The van der Waals surface area contributed by atoms with Crippen LogP contribution in [0.5, 0.6) is 0 Å². The minimum Gasteiger partial charge on any atom is -0.0675 e. The van der Waals surface area contributed by atoms with Crippen LogP contribution in [-0.4, -0.2) is 8.07 Å². The van der Waals surface area contributed by atoms with Crippen molar-refractivity contribution in [2.75, 3.05) is 0 Å².